The fraction of sp³-hybridized carbons (Fsp3) is 0.417. The number of benzene rings is 1. The molecule has 0 saturated heterocycles. The van der Waals surface area contributed by atoms with Gasteiger partial charge in [0.05, 0.1) is 0 Å². The third-order valence-corrected chi connectivity index (χ3v) is 2.70. The minimum absolute atomic E-state index is 0.123. The molecule has 0 unspecified atom stereocenters. The number of rotatable bonds is 3. The summed E-state index contributed by atoms with van der Waals surface area (Å²) in [6, 6.07) is 7.23. The molecule has 0 bridgehead atoms. The highest BCUT2D eigenvalue weighted by atomic mass is 16.1. The minimum atomic E-state index is -0.324. The molecule has 1 aromatic rings. The van der Waals surface area contributed by atoms with Crippen molar-refractivity contribution in [2.45, 2.75) is 27.2 Å². The van der Waals surface area contributed by atoms with Crippen LogP contribution in [0.4, 0.5) is 5.69 Å². The topological polar surface area (TPSA) is 43.1 Å². The maximum absolute atomic E-state index is 12.0. The first-order chi connectivity index (χ1) is 6.49. The molecule has 0 aliphatic carbocycles. The molecule has 0 radical (unpaired) electrons. The number of Topliss-reactive ketones (excluding diaryl/α,β-unsaturated/α-hetero) is 1. The molecule has 2 nitrogen and oxygen atoms in total. The zero-order chi connectivity index (χ0) is 10.8. The first-order valence-electron chi connectivity index (χ1n) is 4.88. The number of ketones is 1. The van der Waals surface area contributed by atoms with E-state index in [0.29, 0.717) is 11.3 Å². The molecule has 76 valence electrons. The number of para-hydroxylation sites is 1. The molecule has 0 heterocycles. The van der Waals surface area contributed by atoms with Gasteiger partial charge in [-0.15, -0.1) is 0 Å². The second-order valence-corrected chi connectivity index (χ2v) is 4.15. The summed E-state index contributed by atoms with van der Waals surface area (Å²) in [5.41, 5.74) is 6.63. The van der Waals surface area contributed by atoms with Crippen LogP contribution in [0.5, 0.6) is 0 Å². The molecule has 0 aromatic heterocycles. The van der Waals surface area contributed by atoms with Crippen LogP contribution in [0.1, 0.15) is 37.6 Å². The Balaban J connectivity index is 3.07. The number of anilines is 1. The van der Waals surface area contributed by atoms with E-state index in [2.05, 4.69) is 0 Å². The zero-order valence-electron chi connectivity index (χ0n) is 9.00. The maximum atomic E-state index is 12.0. The molecular weight excluding hydrogens is 174 g/mol. The molecule has 0 spiro atoms. The Morgan fingerprint density at radius 3 is 2.43 bits per heavy atom. The van der Waals surface area contributed by atoms with Crippen molar-refractivity contribution in [3.8, 4) is 0 Å². The van der Waals surface area contributed by atoms with E-state index < -0.39 is 0 Å². The molecule has 0 aliphatic rings. The van der Waals surface area contributed by atoms with Crippen LogP contribution in [0.15, 0.2) is 24.3 Å². The zero-order valence-corrected chi connectivity index (χ0v) is 9.00. The Labute approximate surface area is 85.1 Å². The molecule has 14 heavy (non-hydrogen) atoms. The van der Waals surface area contributed by atoms with Gasteiger partial charge in [0.2, 0.25) is 0 Å². The van der Waals surface area contributed by atoms with E-state index in [1.54, 1.807) is 12.1 Å². The summed E-state index contributed by atoms with van der Waals surface area (Å²) >= 11 is 0. The predicted octanol–water partition coefficient (Wildman–Crippen LogP) is 2.89. The van der Waals surface area contributed by atoms with Gasteiger partial charge in [0, 0.05) is 16.7 Å². The third-order valence-electron chi connectivity index (χ3n) is 2.70. The van der Waals surface area contributed by atoms with Gasteiger partial charge in [-0.3, -0.25) is 4.79 Å². The highest BCUT2D eigenvalue weighted by molar-refractivity contribution is 6.04. The van der Waals surface area contributed by atoms with Gasteiger partial charge in [-0.2, -0.15) is 0 Å². The van der Waals surface area contributed by atoms with Crippen LogP contribution in [0.3, 0.4) is 0 Å². The van der Waals surface area contributed by atoms with Crippen LogP contribution in [0.2, 0.25) is 0 Å². The van der Waals surface area contributed by atoms with Crippen LogP contribution in [0, 0.1) is 5.41 Å². The Morgan fingerprint density at radius 1 is 1.36 bits per heavy atom. The highest BCUT2D eigenvalue weighted by Gasteiger charge is 2.27. The summed E-state index contributed by atoms with van der Waals surface area (Å²) in [5.74, 6) is 0.123. The molecule has 1 aromatic carbocycles. The van der Waals surface area contributed by atoms with Gasteiger partial charge in [-0.1, -0.05) is 32.9 Å². The van der Waals surface area contributed by atoms with Gasteiger partial charge in [-0.05, 0) is 18.6 Å². The first kappa shape index (κ1) is 10.8. The summed E-state index contributed by atoms with van der Waals surface area (Å²) in [5, 5.41) is 0. The number of hydrogen-bond acceptors (Lipinski definition) is 2. The Morgan fingerprint density at radius 2 is 1.93 bits per heavy atom. The van der Waals surface area contributed by atoms with Crippen molar-refractivity contribution in [3.63, 3.8) is 0 Å². The SMILES string of the molecule is CCC(C)(C)C(=O)c1ccccc1N. The fourth-order valence-electron chi connectivity index (χ4n) is 1.23. The number of nitrogen functional groups attached to an aromatic ring is 1. The summed E-state index contributed by atoms with van der Waals surface area (Å²) in [7, 11) is 0. The molecule has 0 saturated carbocycles. The van der Waals surface area contributed by atoms with E-state index >= 15 is 0 Å². The average Bonchev–Trinajstić information content (AvgIpc) is 2.17. The van der Waals surface area contributed by atoms with E-state index in [4.69, 9.17) is 5.73 Å². The molecule has 2 heteroatoms. The van der Waals surface area contributed by atoms with Crippen molar-refractivity contribution in [1.29, 1.82) is 0 Å². The quantitative estimate of drug-likeness (QED) is 0.589. The predicted molar refractivity (Wildman–Crippen MR) is 59.3 cm³/mol. The van der Waals surface area contributed by atoms with Crippen LogP contribution < -0.4 is 5.73 Å². The molecule has 0 amide bonds. The molecular formula is C12H17NO. The van der Waals surface area contributed by atoms with E-state index in [-0.39, 0.29) is 11.2 Å². The van der Waals surface area contributed by atoms with E-state index in [9.17, 15) is 4.79 Å². The van der Waals surface area contributed by atoms with Crippen molar-refractivity contribution < 1.29 is 4.79 Å². The average molecular weight is 191 g/mol. The van der Waals surface area contributed by atoms with Crippen molar-refractivity contribution in [3.05, 3.63) is 29.8 Å². The lowest BCUT2D eigenvalue weighted by atomic mass is 9.81. The van der Waals surface area contributed by atoms with Crippen molar-refractivity contribution in [1.82, 2.24) is 0 Å². The van der Waals surface area contributed by atoms with Crippen molar-refractivity contribution >= 4 is 11.5 Å². The van der Waals surface area contributed by atoms with Crippen LogP contribution in [-0.2, 0) is 0 Å². The van der Waals surface area contributed by atoms with Crippen LogP contribution >= 0.6 is 0 Å². The van der Waals surface area contributed by atoms with E-state index in [1.165, 1.54) is 0 Å². The van der Waals surface area contributed by atoms with Gasteiger partial charge >= 0.3 is 0 Å². The molecule has 2 N–H and O–H groups in total. The Bertz CT molecular complexity index is 342. The standard InChI is InChI=1S/C12H17NO/c1-4-12(2,3)11(14)9-7-5-6-8-10(9)13/h5-8H,4,13H2,1-3H3. The van der Waals surface area contributed by atoms with Crippen LogP contribution in [-0.4, -0.2) is 5.78 Å². The lowest BCUT2D eigenvalue weighted by molar-refractivity contribution is 0.0834. The Kier molecular flexibility index (Phi) is 2.94. The van der Waals surface area contributed by atoms with Crippen molar-refractivity contribution in [2.75, 3.05) is 5.73 Å². The maximum Gasteiger partial charge on any atom is 0.170 e. The van der Waals surface area contributed by atoms with Gasteiger partial charge in [0.15, 0.2) is 5.78 Å². The lowest BCUT2D eigenvalue weighted by Crippen LogP contribution is -2.24. The monoisotopic (exact) mass is 191 g/mol. The fourth-order valence-corrected chi connectivity index (χ4v) is 1.23. The van der Waals surface area contributed by atoms with Gasteiger partial charge < -0.3 is 5.73 Å². The lowest BCUT2D eigenvalue weighted by Gasteiger charge is -2.21. The molecule has 0 aliphatic heterocycles. The second-order valence-electron chi connectivity index (χ2n) is 4.15. The van der Waals surface area contributed by atoms with Crippen LogP contribution in [0.25, 0.3) is 0 Å². The Hall–Kier alpha value is -1.31. The third kappa shape index (κ3) is 1.95. The number of carbonyl (C=O) groups is 1. The van der Waals surface area contributed by atoms with Crippen molar-refractivity contribution in [2.24, 2.45) is 5.41 Å². The molecule has 1 rings (SSSR count). The summed E-state index contributed by atoms with van der Waals surface area (Å²) in [6.45, 7) is 5.90. The first-order valence-corrected chi connectivity index (χ1v) is 4.88. The van der Waals surface area contributed by atoms with E-state index in [0.717, 1.165) is 6.42 Å². The van der Waals surface area contributed by atoms with Gasteiger partial charge in [0.25, 0.3) is 0 Å². The smallest absolute Gasteiger partial charge is 0.170 e. The normalized spacial score (nSPS) is 11.4. The minimum Gasteiger partial charge on any atom is -0.398 e. The summed E-state index contributed by atoms with van der Waals surface area (Å²) in [6.07, 6.45) is 0.820. The molecule has 0 fully saturated rings. The summed E-state index contributed by atoms with van der Waals surface area (Å²) < 4.78 is 0. The van der Waals surface area contributed by atoms with E-state index in [1.807, 2.05) is 32.9 Å². The highest BCUT2D eigenvalue weighted by Crippen LogP contribution is 2.27. The molecule has 0 atom stereocenters. The van der Waals surface area contributed by atoms with Gasteiger partial charge in [0.1, 0.15) is 0 Å². The largest absolute Gasteiger partial charge is 0.398 e. The number of carbonyl (C=O) groups excluding carboxylic acids is 1. The number of hydrogen-bond donors (Lipinski definition) is 1. The van der Waals surface area contributed by atoms with Gasteiger partial charge in [-0.25, -0.2) is 0 Å². The second kappa shape index (κ2) is 3.82. The summed E-state index contributed by atoms with van der Waals surface area (Å²) in [4.78, 5) is 12.0. The number of nitrogens with two attached hydrogens (primary N) is 1.